The molecule has 1 unspecified atom stereocenters. The highest BCUT2D eigenvalue weighted by molar-refractivity contribution is 5.74. The van der Waals surface area contributed by atoms with E-state index in [4.69, 9.17) is 9.72 Å². The minimum Gasteiger partial charge on any atom is -0.497 e. The van der Waals surface area contributed by atoms with Crippen LogP contribution in [0.25, 0.3) is 11.0 Å². The summed E-state index contributed by atoms with van der Waals surface area (Å²) in [6, 6.07) is 8.21. The van der Waals surface area contributed by atoms with Crippen LogP contribution in [-0.2, 0) is 5.54 Å². The molecule has 0 saturated carbocycles. The lowest BCUT2D eigenvalue weighted by Gasteiger charge is -2.21. The second-order valence-corrected chi connectivity index (χ2v) is 8.06. The van der Waals surface area contributed by atoms with Crippen molar-refractivity contribution in [2.24, 2.45) is 0 Å². The number of hydrogen-bond acceptors (Lipinski definition) is 5. The van der Waals surface area contributed by atoms with Crippen molar-refractivity contribution in [1.82, 2.24) is 19.7 Å². The van der Waals surface area contributed by atoms with E-state index in [0.717, 1.165) is 25.3 Å². The summed E-state index contributed by atoms with van der Waals surface area (Å²) in [6.45, 7) is 7.84. The van der Waals surface area contributed by atoms with E-state index in [1.807, 2.05) is 16.8 Å². The van der Waals surface area contributed by atoms with Gasteiger partial charge in [-0.05, 0) is 44.9 Å². The summed E-state index contributed by atoms with van der Waals surface area (Å²) >= 11 is 0. The number of methoxy groups -OCH3 is 1. The van der Waals surface area contributed by atoms with E-state index in [-0.39, 0.29) is 11.1 Å². The van der Waals surface area contributed by atoms with Crippen molar-refractivity contribution in [3.8, 4) is 5.75 Å². The number of nitrogens with zero attached hydrogens (tertiary/aromatic N) is 4. The molecule has 0 radical (unpaired) electrons. The highest BCUT2D eigenvalue weighted by Gasteiger charge is 2.27. The smallest absolute Gasteiger partial charge is 0.263 e. The average Bonchev–Trinajstić information content (AvgIpc) is 3.28. The normalized spacial score (nSPS) is 17.6. The Morgan fingerprint density at radius 1 is 1.22 bits per heavy atom. The zero-order valence-corrected chi connectivity index (χ0v) is 16.2. The number of aromatic nitrogens is 4. The van der Waals surface area contributed by atoms with Gasteiger partial charge in [-0.1, -0.05) is 12.1 Å². The lowest BCUT2D eigenvalue weighted by Crippen LogP contribution is -2.27. The topological polar surface area (TPSA) is 76.0 Å². The van der Waals surface area contributed by atoms with Crippen LogP contribution in [0.4, 0.5) is 5.95 Å². The molecule has 3 aromatic rings. The fraction of sp³-hybridized carbons (Fsp3) is 0.450. The van der Waals surface area contributed by atoms with Crippen LogP contribution in [0.1, 0.15) is 38.7 Å². The molecular formula is C20H25N5O2. The first kappa shape index (κ1) is 17.6. The number of hydrogen-bond donors (Lipinski definition) is 1. The number of aromatic amines is 1. The van der Waals surface area contributed by atoms with Gasteiger partial charge >= 0.3 is 0 Å². The van der Waals surface area contributed by atoms with Gasteiger partial charge in [0.1, 0.15) is 11.1 Å². The molecule has 1 atom stereocenters. The quantitative estimate of drug-likeness (QED) is 0.770. The summed E-state index contributed by atoms with van der Waals surface area (Å²) in [4.78, 5) is 22.4. The Bertz CT molecular complexity index is 1010. The zero-order valence-electron chi connectivity index (χ0n) is 16.2. The molecule has 1 aliphatic heterocycles. The standard InChI is InChI=1S/C20H25N5O2/c1-20(2,3)25-17-16(11-21-25)18(26)23-19(22-17)24-10-9-14(12-24)13-5-7-15(27-4)8-6-13/h5-8,11,14H,9-10,12H2,1-4H3,(H,22,23,26). The second-order valence-electron chi connectivity index (χ2n) is 8.06. The minimum atomic E-state index is -0.240. The van der Waals surface area contributed by atoms with Crippen molar-refractivity contribution in [3.05, 3.63) is 46.4 Å². The van der Waals surface area contributed by atoms with Gasteiger partial charge in [0.25, 0.3) is 5.56 Å². The van der Waals surface area contributed by atoms with Gasteiger partial charge < -0.3 is 9.64 Å². The molecule has 2 aromatic heterocycles. The molecule has 142 valence electrons. The molecule has 1 fully saturated rings. The summed E-state index contributed by atoms with van der Waals surface area (Å²) in [5, 5.41) is 4.91. The number of benzene rings is 1. The number of nitrogens with one attached hydrogen (secondary N) is 1. The summed E-state index contributed by atoms with van der Waals surface area (Å²) in [6.07, 6.45) is 2.62. The van der Waals surface area contributed by atoms with E-state index in [1.54, 1.807) is 13.3 Å². The van der Waals surface area contributed by atoms with E-state index in [1.165, 1.54) is 5.56 Å². The highest BCUT2D eigenvalue weighted by Crippen LogP contribution is 2.30. The van der Waals surface area contributed by atoms with E-state index in [2.05, 4.69) is 47.9 Å². The first-order valence-corrected chi connectivity index (χ1v) is 9.24. The Morgan fingerprint density at radius 3 is 2.63 bits per heavy atom. The first-order valence-electron chi connectivity index (χ1n) is 9.24. The fourth-order valence-corrected chi connectivity index (χ4v) is 3.65. The predicted octanol–water partition coefficient (Wildman–Crippen LogP) is 2.88. The van der Waals surface area contributed by atoms with Crippen LogP contribution in [0.3, 0.4) is 0 Å². The molecule has 1 aromatic carbocycles. The number of fused-ring (bicyclic) bond motifs is 1. The van der Waals surface area contributed by atoms with Crippen LogP contribution >= 0.6 is 0 Å². The predicted molar refractivity (Wildman–Crippen MR) is 106 cm³/mol. The molecule has 27 heavy (non-hydrogen) atoms. The Kier molecular flexibility index (Phi) is 4.17. The third-order valence-corrected chi connectivity index (χ3v) is 5.14. The lowest BCUT2D eigenvalue weighted by atomic mass is 9.98. The Morgan fingerprint density at radius 2 is 1.96 bits per heavy atom. The maximum absolute atomic E-state index is 12.5. The summed E-state index contributed by atoms with van der Waals surface area (Å²) in [5.41, 5.74) is 1.53. The van der Waals surface area contributed by atoms with Crippen molar-refractivity contribution in [2.75, 3.05) is 25.1 Å². The third-order valence-electron chi connectivity index (χ3n) is 5.14. The van der Waals surface area contributed by atoms with Gasteiger partial charge in [-0.15, -0.1) is 0 Å². The first-order chi connectivity index (χ1) is 12.9. The van der Waals surface area contributed by atoms with E-state index >= 15 is 0 Å². The number of H-pyrrole nitrogens is 1. The minimum absolute atomic E-state index is 0.140. The molecule has 7 nitrogen and oxygen atoms in total. The molecular weight excluding hydrogens is 342 g/mol. The maximum atomic E-state index is 12.5. The Labute approximate surface area is 158 Å². The Balaban J connectivity index is 1.64. The van der Waals surface area contributed by atoms with Gasteiger partial charge in [-0.2, -0.15) is 10.1 Å². The van der Waals surface area contributed by atoms with Crippen molar-refractivity contribution in [3.63, 3.8) is 0 Å². The van der Waals surface area contributed by atoms with E-state index < -0.39 is 0 Å². The molecule has 1 N–H and O–H groups in total. The van der Waals surface area contributed by atoms with Crippen molar-refractivity contribution >= 4 is 17.0 Å². The van der Waals surface area contributed by atoms with Crippen LogP contribution in [0.15, 0.2) is 35.3 Å². The summed E-state index contributed by atoms with van der Waals surface area (Å²) < 4.78 is 7.06. The number of ether oxygens (including phenoxy) is 1. The van der Waals surface area contributed by atoms with Crippen molar-refractivity contribution in [1.29, 1.82) is 0 Å². The van der Waals surface area contributed by atoms with Gasteiger partial charge in [0.15, 0.2) is 5.65 Å². The van der Waals surface area contributed by atoms with Crippen LogP contribution in [0, 0.1) is 0 Å². The molecule has 1 saturated heterocycles. The van der Waals surface area contributed by atoms with Crippen LogP contribution in [0.5, 0.6) is 5.75 Å². The number of anilines is 1. The van der Waals surface area contributed by atoms with Crippen LogP contribution in [0.2, 0.25) is 0 Å². The molecule has 1 aliphatic rings. The largest absolute Gasteiger partial charge is 0.497 e. The van der Waals surface area contributed by atoms with E-state index in [0.29, 0.717) is 22.9 Å². The van der Waals surface area contributed by atoms with E-state index in [9.17, 15) is 4.79 Å². The summed E-state index contributed by atoms with van der Waals surface area (Å²) in [5.74, 6) is 1.89. The van der Waals surface area contributed by atoms with Gasteiger partial charge in [0.05, 0.1) is 18.8 Å². The third kappa shape index (κ3) is 3.18. The average molecular weight is 367 g/mol. The van der Waals surface area contributed by atoms with Crippen LogP contribution in [-0.4, -0.2) is 39.9 Å². The Hall–Kier alpha value is -2.83. The van der Waals surface area contributed by atoms with Crippen molar-refractivity contribution in [2.45, 2.75) is 38.6 Å². The van der Waals surface area contributed by atoms with Gasteiger partial charge in [-0.3, -0.25) is 9.78 Å². The molecule has 7 heteroatoms. The van der Waals surface area contributed by atoms with Gasteiger partial charge in [0.2, 0.25) is 5.95 Å². The SMILES string of the molecule is COc1ccc(C2CCN(c3nc4c(cnn4C(C)(C)C)c(=O)[nH]3)C2)cc1. The monoisotopic (exact) mass is 367 g/mol. The van der Waals surface area contributed by atoms with Crippen LogP contribution < -0.4 is 15.2 Å². The molecule has 3 heterocycles. The zero-order chi connectivity index (χ0) is 19.2. The highest BCUT2D eigenvalue weighted by atomic mass is 16.5. The molecule has 0 spiro atoms. The molecule has 4 rings (SSSR count). The fourth-order valence-electron chi connectivity index (χ4n) is 3.65. The van der Waals surface area contributed by atoms with Crippen molar-refractivity contribution < 1.29 is 4.74 Å². The molecule has 0 amide bonds. The maximum Gasteiger partial charge on any atom is 0.263 e. The molecule has 0 aliphatic carbocycles. The molecule has 0 bridgehead atoms. The summed E-state index contributed by atoms with van der Waals surface area (Å²) in [7, 11) is 1.67. The lowest BCUT2D eigenvalue weighted by molar-refractivity contribution is 0.366. The van der Waals surface area contributed by atoms with Gasteiger partial charge in [0, 0.05) is 19.0 Å². The second kappa shape index (κ2) is 6.40. The number of rotatable bonds is 3. The van der Waals surface area contributed by atoms with Gasteiger partial charge in [-0.25, -0.2) is 4.68 Å².